The maximum atomic E-state index is 14.1. The lowest BCUT2D eigenvalue weighted by molar-refractivity contribution is 0.103. The van der Waals surface area contributed by atoms with Gasteiger partial charge in [0.15, 0.2) is 0 Å². The van der Waals surface area contributed by atoms with Crippen LogP contribution in [0.3, 0.4) is 0 Å². The van der Waals surface area contributed by atoms with Crippen LogP contribution in [0.5, 0.6) is 0 Å². The summed E-state index contributed by atoms with van der Waals surface area (Å²) < 4.78 is 44.6. The highest BCUT2D eigenvalue weighted by Gasteiger charge is 2.23. The SMILES string of the molecule is Cc1ccn2cc(Cn3ccc4c(C(=O)c5c(F)cc(F)cc5F)c[nH]c4c3=O)nc2c1. The van der Waals surface area contributed by atoms with Gasteiger partial charge in [-0.2, -0.15) is 0 Å². The summed E-state index contributed by atoms with van der Waals surface area (Å²) >= 11 is 0. The van der Waals surface area contributed by atoms with Crippen molar-refractivity contribution >= 4 is 22.3 Å². The number of aromatic amines is 1. The molecule has 0 aliphatic heterocycles. The Balaban J connectivity index is 1.53. The van der Waals surface area contributed by atoms with Crippen LogP contribution in [0.4, 0.5) is 13.2 Å². The maximum absolute atomic E-state index is 14.1. The Morgan fingerprint density at radius 2 is 1.84 bits per heavy atom. The molecule has 1 aromatic carbocycles. The lowest BCUT2D eigenvalue weighted by Gasteiger charge is -2.05. The first kappa shape index (κ1) is 19.8. The van der Waals surface area contributed by atoms with Crippen LogP contribution in [-0.2, 0) is 6.54 Å². The first-order chi connectivity index (χ1) is 15.3. The molecule has 5 rings (SSSR count). The van der Waals surface area contributed by atoms with E-state index in [9.17, 15) is 22.8 Å². The van der Waals surface area contributed by atoms with E-state index in [1.54, 1.807) is 0 Å². The predicted molar refractivity (Wildman–Crippen MR) is 111 cm³/mol. The number of H-pyrrole nitrogens is 1. The number of carbonyl (C=O) groups is 1. The van der Waals surface area contributed by atoms with Crippen LogP contribution in [0.15, 0.2) is 59.9 Å². The van der Waals surface area contributed by atoms with Gasteiger partial charge in [-0.15, -0.1) is 0 Å². The molecule has 0 aliphatic rings. The molecule has 0 unspecified atom stereocenters. The molecule has 0 fully saturated rings. The monoisotopic (exact) mass is 436 g/mol. The van der Waals surface area contributed by atoms with Crippen LogP contribution < -0.4 is 5.56 Å². The average Bonchev–Trinajstić information content (AvgIpc) is 3.33. The van der Waals surface area contributed by atoms with Crippen molar-refractivity contribution in [3.05, 3.63) is 105 Å². The highest BCUT2D eigenvalue weighted by atomic mass is 19.1. The number of ketones is 1. The van der Waals surface area contributed by atoms with Crippen LogP contribution in [-0.4, -0.2) is 24.7 Å². The summed E-state index contributed by atoms with van der Waals surface area (Å²) in [6.45, 7) is 2.15. The van der Waals surface area contributed by atoms with E-state index in [2.05, 4.69) is 9.97 Å². The first-order valence-electron chi connectivity index (χ1n) is 9.66. The summed E-state index contributed by atoms with van der Waals surface area (Å²) in [6.07, 6.45) is 6.40. The summed E-state index contributed by atoms with van der Waals surface area (Å²) in [6, 6.07) is 6.26. The minimum atomic E-state index is -1.31. The Morgan fingerprint density at radius 3 is 2.59 bits per heavy atom. The minimum absolute atomic E-state index is 0.0862. The van der Waals surface area contributed by atoms with Crippen molar-refractivity contribution < 1.29 is 18.0 Å². The highest BCUT2D eigenvalue weighted by Crippen LogP contribution is 2.23. The van der Waals surface area contributed by atoms with Gasteiger partial charge in [0.1, 0.15) is 28.6 Å². The number of halogens is 3. The van der Waals surface area contributed by atoms with Crippen LogP contribution in [0.2, 0.25) is 0 Å². The smallest absolute Gasteiger partial charge is 0.275 e. The zero-order chi connectivity index (χ0) is 22.6. The summed E-state index contributed by atoms with van der Waals surface area (Å²) in [5.41, 5.74) is 1.20. The van der Waals surface area contributed by atoms with E-state index in [-0.39, 0.29) is 23.0 Å². The van der Waals surface area contributed by atoms with E-state index in [1.807, 2.05) is 35.9 Å². The number of imidazole rings is 1. The highest BCUT2D eigenvalue weighted by molar-refractivity contribution is 6.16. The fraction of sp³-hybridized carbons (Fsp3) is 0.0870. The van der Waals surface area contributed by atoms with Gasteiger partial charge in [-0.3, -0.25) is 9.59 Å². The Labute approximate surface area is 178 Å². The lowest BCUT2D eigenvalue weighted by atomic mass is 10.0. The van der Waals surface area contributed by atoms with E-state index in [1.165, 1.54) is 23.0 Å². The normalized spacial score (nSPS) is 11.5. The molecule has 0 aliphatic carbocycles. The van der Waals surface area contributed by atoms with Crippen molar-refractivity contribution in [3.63, 3.8) is 0 Å². The van der Waals surface area contributed by atoms with Crippen molar-refractivity contribution in [3.8, 4) is 0 Å². The number of hydrogen-bond acceptors (Lipinski definition) is 3. The molecule has 160 valence electrons. The minimum Gasteiger partial charge on any atom is -0.356 e. The molecule has 0 amide bonds. The number of pyridine rings is 2. The van der Waals surface area contributed by atoms with Crippen molar-refractivity contribution in [2.75, 3.05) is 0 Å². The topological polar surface area (TPSA) is 72.2 Å². The van der Waals surface area contributed by atoms with Gasteiger partial charge < -0.3 is 14.0 Å². The number of hydrogen-bond donors (Lipinski definition) is 1. The molecule has 6 nitrogen and oxygen atoms in total. The van der Waals surface area contributed by atoms with Crippen LogP contribution in [0, 0.1) is 24.4 Å². The van der Waals surface area contributed by atoms with Gasteiger partial charge in [0, 0.05) is 47.9 Å². The van der Waals surface area contributed by atoms with Gasteiger partial charge in [-0.1, -0.05) is 0 Å². The zero-order valence-electron chi connectivity index (χ0n) is 16.7. The van der Waals surface area contributed by atoms with Crippen molar-refractivity contribution in [1.29, 1.82) is 0 Å². The number of carbonyl (C=O) groups excluding carboxylic acids is 1. The number of nitrogens with one attached hydrogen (secondary N) is 1. The Morgan fingerprint density at radius 1 is 1.09 bits per heavy atom. The van der Waals surface area contributed by atoms with Crippen LogP contribution in [0.25, 0.3) is 16.6 Å². The van der Waals surface area contributed by atoms with Gasteiger partial charge in [0.25, 0.3) is 5.56 Å². The van der Waals surface area contributed by atoms with Crippen molar-refractivity contribution in [2.24, 2.45) is 0 Å². The molecule has 5 aromatic rings. The van der Waals surface area contributed by atoms with E-state index in [0.29, 0.717) is 17.8 Å². The summed E-state index contributed by atoms with van der Waals surface area (Å²) in [5.74, 6) is -4.73. The second kappa shape index (κ2) is 7.23. The van der Waals surface area contributed by atoms with E-state index >= 15 is 0 Å². The molecule has 32 heavy (non-hydrogen) atoms. The lowest BCUT2D eigenvalue weighted by Crippen LogP contribution is -2.20. The van der Waals surface area contributed by atoms with Gasteiger partial charge >= 0.3 is 0 Å². The Kier molecular flexibility index (Phi) is 4.47. The van der Waals surface area contributed by atoms with Crippen LogP contribution >= 0.6 is 0 Å². The molecular formula is C23H15F3N4O2. The second-order valence-electron chi connectivity index (χ2n) is 7.52. The van der Waals surface area contributed by atoms with Crippen molar-refractivity contribution in [2.45, 2.75) is 13.5 Å². The quantitative estimate of drug-likeness (QED) is 0.433. The standard InChI is InChI=1S/C23H15F3N4O2/c1-12-2-4-29-10-14(28-19(29)6-12)11-30-5-3-15-16(9-27-21(15)23(30)32)22(31)20-17(25)7-13(24)8-18(20)26/h2-10,27H,11H2,1H3. The number of rotatable bonds is 4. The molecule has 4 heterocycles. The van der Waals surface area contributed by atoms with Gasteiger partial charge in [0.05, 0.1) is 17.8 Å². The molecular weight excluding hydrogens is 421 g/mol. The molecule has 9 heteroatoms. The van der Waals surface area contributed by atoms with Crippen molar-refractivity contribution in [1.82, 2.24) is 18.9 Å². The molecule has 0 saturated heterocycles. The Bertz CT molecular complexity index is 1570. The Hall–Kier alpha value is -4.14. The molecule has 4 aromatic heterocycles. The largest absolute Gasteiger partial charge is 0.356 e. The third-order valence-corrected chi connectivity index (χ3v) is 5.29. The van der Waals surface area contributed by atoms with Crippen LogP contribution in [0.1, 0.15) is 27.2 Å². The molecule has 0 atom stereocenters. The van der Waals surface area contributed by atoms with Gasteiger partial charge in [0.2, 0.25) is 5.78 Å². The molecule has 0 bridgehead atoms. The molecule has 0 radical (unpaired) electrons. The number of aryl methyl sites for hydroxylation is 1. The third kappa shape index (κ3) is 3.18. The van der Waals surface area contributed by atoms with Gasteiger partial charge in [-0.05, 0) is 30.7 Å². The second-order valence-corrected chi connectivity index (χ2v) is 7.52. The average molecular weight is 436 g/mol. The molecule has 1 N–H and O–H groups in total. The van der Waals surface area contributed by atoms with Gasteiger partial charge in [-0.25, -0.2) is 18.2 Å². The zero-order valence-corrected chi connectivity index (χ0v) is 16.7. The predicted octanol–water partition coefficient (Wildman–Crippen LogP) is 3.98. The summed E-state index contributed by atoms with van der Waals surface area (Å²) in [4.78, 5) is 32.9. The fourth-order valence-corrected chi connectivity index (χ4v) is 3.75. The third-order valence-electron chi connectivity index (χ3n) is 5.29. The first-order valence-corrected chi connectivity index (χ1v) is 9.66. The van der Waals surface area contributed by atoms with E-state index in [0.717, 1.165) is 11.2 Å². The molecule has 0 spiro atoms. The summed E-state index contributed by atoms with van der Waals surface area (Å²) in [7, 11) is 0. The molecule has 0 saturated carbocycles. The number of fused-ring (bicyclic) bond motifs is 2. The maximum Gasteiger partial charge on any atom is 0.275 e. The number of aromatic nitrogens is 4. The van der Waals surface area contributed by atoms with E-state index < -0.39 is 34.4 Å². The fourth-order valence-electron chi connectivity index (χ4n) is 3.75. The van der Waals surface area contributed by atoms with E-state index in [4.69, 9.17) is 0 Å². The number of nitrogens with zero attached hydrogens (tertiary/aromatic N) is 3. The number of benzene rings is 1. The summed E-state index contributed by atoms with van der Waals surface area (Å²) in [5, 5.41) is 0.213.